The van der Waals surface area contributed by atoms with Gasteiger partial charge in [0.1, 0.15) is 18.3 Å². The predicted molar refractivity (Wildman–Crippen MR) is 54.4 cm³/mol. The van der Waals surface area contributed by atoms with Crippen LogP contribution in [0.15, 0.2) is 0 Å². The molecule has 0 saturated heterocycles. The van der Waals surface area contributed by atoms with E-state index in [0.29, 0.717) is 13.0 Å². The van der Waals surface area contributed by atoms with Crippen molar-refractivity contribution in [2.75, 3.05) is 13.2 Å². The highest BCUT2D eigenvalue weighted by Gasteiger charge is 2.33. The van der Waals surface area contributed by atoms with Crippen LogP contribution in [-0.2, 0) is 4.79 Å². The van der Waals surface area contributed by atoms with E-state index in [4.69, 9.17) is 10.2 Å². The maximum atomic E-state index is 11.2. The number of hydrogen-bond donors (Lipinski definition) is 6. The summed E-state index contributed by atoms with van der Waals surface area (Å²) >= 11 is 0. The lowest BCUT2D eigenvalue weighted by Crippen LogP contribution is -2.51. The Morgan fingerprint density at radius 2 is 1.75 bits per heavy atom. The molecule has 0 unspecified atom stereocenters. The van der Waals surface area contributed by atoms with E-state index in [-0.39, 0.29) is 0 Å². The maximum absolute atomic E-state index is 11.2. The van der Waals surface area contributed by atoms with Crippen molar-refractivity contribution in [3.63, 3.8) is 0 Å². The summed E-state index contributed by atoms with van der Waals surface area (Å²) in [6, 6.07) is 0. The molecule has 0 aromatic carbocycles. The van der Waals surface area contributed by atoms with Gasteiger partial charge < -0.3 is 30.8 Å². The smallest absolute Gasteiger partial charge is 0.251 e. The molecule has 0 saturated carbocycles. The summed E-state index contributed by atoms with van der Waals surface area (Å²) < 4.78 is 0. The molecule has 0 aromatic rings. The number of carbonyl (C=O) groups is 1. The number of nitrogens with one attached hydrogen (secondary N) is 1. The second kappa shape index (κ2) is 7.53. The number of hydrogen-bond acceptors (Lipinski definition) is 6. The molecule has 7 nitrogen and oxygen atoms in total. The third kappa shape index (κ3) is 4.42. The molecular formula is C9H19NO6. The van der Waals surface area contributed by atoms with E-state index in [1.165, 1.54) is 0 Å². The van der Waals surface area contributed by atoms with Crippen molar-refractivity contribution in [1.82, 2.24) is 5.32 Å². The Morgan fingerprint density at radius 1 is 1.19 bits per heavy atom. The molecule has 0 bridgehead atoms. The Morgan fingerprint density at radius 3 is 2.19 bits per heavy atom. The zero-order valence-corrected chi connectivity index (χ0v) is 9.08. The van der Waals surface area contributed by atoms with E-state index in [1.807, 2.05) is 6.92 Å². The lowest BCUT2D eigenvalue weighted by molar-refractivity contribution is -0.148. The maximum Gasteiger partial charge on any atom is 0.251 e. The van der Waals surface area contributed by atoms with Crippen LogP contribution in [0.2, 0.25) is 0 Å². The molecule has 0 aliphatic rings. The Kier molecular flexibility index (Phi) is 7.18. The van der Waals surface area contributed by atoms with Crippen LogP contribution >= 0.6 is 0 Å². The van der Waals surface area contributed by atoms with Crippen LogP contribution in [0, 0.1) is 0 Å². The van der Waals surface area contributed by atoms with Gasteiger partial charge in [0, 0.05) is 6.54 Å². The van der Waals surface area contributed by atoms with Crippen LogP contribution < -0.4 is 5.32 Å². The monoisotopic (exact) mass is 237 g/mol. The van der Waals surface area contributed by atoms with Gasteiger partial charge in [0.25, 0.3) is 5.91 Å². The van der Waals surface area contributed by atoms with E-state index in [9.17, 15) is 20.1 Å². The van der Waals surface area contributed by atoms with Crippen molar-refractivity contribution in [3.05, 3.63) is 0 Å². The standard InChI is InChI=1S/C9H19NO6/c1-2-3-10-9(16)8(15)7(14)6(13)5(12)4-11/h5-8,11-15H,2-4H2,1H3,(H,10,16)/t5-,6-,7-,8-/m1/s1. The average Bonchev–Trinajstić information content (AvgIpc) is 2.31. The van der Waals surface area contributed by atoms with E-state index in [1.54, 1.807) is 0 Å². The molecular weight excluding hydrogens is 218 g/mol. The minimum atomic E-state index is -1.85. The molecule has 0 fully saturated rings. The van der Waals surface area contributed by atoms with Crippen molar-refractivity contribution < 1.29 is 30.3 Å². The molecule has 6 N–H and O–H groups in total. The third-order valence-corrected chi connectivity index (χ3v) is 2.07. The quantitative estimate of drug-likeness (QED) is 0.279. The van der Waals surface area contributed by atoms with Crippen LogP contribution in [0.3, 0.4) is 0 Å². The molecule has 0 aromatic heterocycles. The number of rotatable bonds is 7. The minimum absolute atomic E-state index is 0.335. The van der Waals surface area contributed by atoms with Gasteiger partial charge >= 0.3 is 0 Å². The lowest BCUT2D eigenvalue weighted by Gasteiger charge is -2.24. The summed E-state index contributed by atoms with van der Waals surface area (Å²) in [4.78, 5) is 11.2. The van der Waals surface area contributed by atoms with Crippen molar-refractivity contribution in [2.24, 2.45) is 0 Å². The van der Waals surface area contributed by atoms with Crippen molar-refractivity contribution in [1.29, 1.82) is 0 Å². The van der Waals surface area contributed by atoms with Crippen molar-refractivity contribution in [3.8, 4) is 0 Å². The molecule has 0 aliphatic carbocycles. The van der Waals surface area contributed by atoms with Gasteiger partial charge in [-0.2, -0.15) is 0 Å². The summed E-state index contributed by atoms with van der Waals surface area (Å²) in [6.45, 7) is 1.37. The van der Waals surface area contributed by atoms with Crippen molar-refractivity contribution >= 4 is 5.91 Å². The van der Waals surface area contributed by atoms with Crippen LogP contribution in [0.25, 0.3) is 0 Å². The predicted octanol–water partition coefficient (Wildman–Crippen LogP) is -3.05. The Balaban J connectivity index is 4.25. The van der Waals surface area contributed by atoms with Crippen LogP contribution in [0.1, 0.15) is 13.3 Å². The molecule has 0 spiro atoms. The molecule has 0 radical (unpaired) electrons. The first-order valence-electron chi connectivity index (χ1n) is 5.06. The summed E-state index contributed by atoms with van der Waals surface area (Å²) in [7, 11) is 0. The van der Waals surface area contributed by atoms with E-state index >= 15 is 0 Å². The van der Waals surface area contributed by atoms with Gasteiger partial charge in [0.15, 0.2) is 6.10 Å². The highest BCUT2D eigenvalue weighted by molar-refractivity contribution is 5.81. The number of aliphatic hydroxyl groups is 5. The molecule has 0 heterocycles. The molecule has 1 amide bonds. The molecule has 7 heteroatoms. The summed E-state index contributed by atoms with van der Waals surface area (Å²) in [5.74, 6) is -0.835. The fourth-order valence-corrected chi connectivity index (χ4v) is 1.03. The van der Waals surface area contributed by atoms with Gasteiger partial charge in [-0.25, -0.2) is 0 Å². The fourth-order valence-electron chi connectivity index (χ4n) is 1.03. The van der Waals surface area contributed by atoms with Gasteiger partial charge in [-0.1, -0.05) is 6.92 Å². The van der Waals surface area contributed by atoms with E-state index in [2.05, 4.69) is 5.32 Å². The zero-order chi connectivity index (χ0) is 12.7. The Hall–Kier alpha value is -0.730. The largest absolute Gasteiger partial charge is 0.394 e. The second-order valence-electron chi connectivity index (χ2n) is 3.47. The molecule has 96 valence electrons. The number of amides is 1. The third-order valence-electron chi connectivity index (χ3n) is 2.07. The van der Waals surface area contributed by atoms with Crippen LogP contribution in [0.5, 0.6) is 0 Å². The minimum Gasteiger partial charge on any atom is -0.394 e. The van der Waals surface area contributed by atoms with Crippen LogP contribution in [-0.4, -0.2) is 69.0 Å². The Labute approximate surface area is 93.3 Å². The lowest BCUT2D eigenvalue weighted by atomic mass is 10.0. The molecule has 0 aliphatic heterocycles. The first kappa shape index (κ1) is 15.3. The normalized spacial score (nSPS) is 18.6. The molecule has 4 atom stereocenters. The topological polar surface area (TPSA) is 130 Å². The first-order valence-corrected chi connectivity index (χ1v) is 5.06. The van der Waals surface area contributed by atoms with E-state index in [0.717, 1.165) is 0 Å². The molecule has 0 rings (SSSR count). The van der Waals surface area contributed by atoms with Gasteiger partial charge in [0.05, 0.1) is 6.61 Å². The number of carbonyl (C=O) groups excluding carboxylic acids is 1. The van der Waals surface area contributed by atoms with E-state index < -0.39 is 36.9 Å². The van der Waals surface area contributed by atoms with Gasteiger partial charge in [-0.3, -0.25) is 4.79 Å². The second-order valence-corrected chi connectivity index (χ2v) is 3.47. The Bertz CT molecular complexity index is 212. The van der Waals surface area contributed by atoms with Crippen LogP contribution in [0.4, 0.5) is 0 Å². The summed E-state index contributed by atoms with van der Waals surface area (Å²) in [5.41, 5.74) is 0. The summed E-state index contributed by atoms with van der Waals surface area (Å²) in [5, 5.41) is 47.7. The SMILES string of the molecule is CCCNC(=O)[C@H](O)[C@H](O)[C@H](O)[C@H](O)CO. The molecule has 16 heavy (non-hydrogen) atoms. The van der Waals surface area contributed by atoms with Gasteiger partial charge in [-0.05, 0) is 6.42 Å². The average molecular weight is 237 g/mol. The van der Waals surface area contributed by atoms with Gasteiger partial charge in [-0.15, -0.1) is 0 Å². The highest BCUT2D eigenvalue weighted by atomic mass is 16.4. The van der Waals surface area contributed by atoms with Crippen molar-refractivity contribution in [2.45, 2.75) is 37.8 Å². The van der Waals surface area contributed by atoms with Gasteiger partial charge in [0.2, 0.25) is 0 Å². The summed E-state index contributed by atoms with van der Waals surface area (Å²) in [6.07, 6.45) is -6.42. The fraction of sp³-hybridized carbons (Fsp3) is 0.889. The first-order chi connectivity index (χ1) is 7.45. The zero-order valence-electron chi connectivity index (χ0n) is 9.08. The highest BCUT2D eigenvalue weighted by Crippen LogP contribution is 2.05. The number of aliphatic hydroxyl groups excluding tert-OH is 5.